The molecule has 0 aromatic heterocycles. The van der Waals surface area contributed by atoms with Gasteiger partial charge in [-0.1, -0.05) is 30.3 Å². The minimum absolute atomic E-state index is 0.427. The summed E-state index contributed by atoms with van der Waals surface area (Å²) in [6, 6.07) is 8.72. The van der Waals surface area contributed by atoms with Crippen LogP contribution in [0.5, 0.6) is 0 Å². The highest BCUT2D eigenvalue weighted by molar-refractivity contribution is 5.70. The molecule has 0 amide bonds. The highest BCUT2D eigenvalue weighted by atomic mass is 16.4. The number of carboxylic acids is 1. The van der Waals surface area contributed by atoms with Crippen molar-refractivity contribution in [1.82, 2.24) is 0 Å². The minimum Gasteiger partial charge on any atom is -0.547 e. The summed E-state index contributed by atoms with van der Waals surface area (Å²) in [5.41, 5.74) is 4.54. The van der Waals surface area contributed by atoms with Gasteiger partial charge in [-0.15, -0.1) is 0 Å². The van der Waals surface area contributed by atoms with Crippen LogP contribution in [0.2, 0.25) is 0 Å². The number of carboxylic acid groups (broad SMARTS) is 1. The topological polar surface area (TPSA) is 88.0 Å². The number of aliphatic hydroxyl groups excluding tert-OH is 1. The average molecular weight is 195 g/mol. The lowest BCUT2D eigenvalue weighted by atomic mass is 10.0. The van der Waals surface area contributed by atoms with Gasteiger partial charge < -0.3 is 20.7 Å². The Bertz CT molecular complexity index is 299. The van der Waals surface area contributed by atoms with Crippen LogP contribution < -0.4 is 10.8 Å². The van der Waals surface area contributed by atoms with Gasteiger partial charge in [-0.25, -0.2) is 0 Å². The summed E-state index contributed by atoms with van der Waals surface area (Å²) >= 11 is 0. The van der Waals surface area contributed by atoms with Crippen molar-refractivity contribution < 1.29 is 20.7 Å². The molecule has 0 heterocycles. The third-order valence-corrected chi connectivity index (χ3v) is 2.03. The quantitative estimate of drug-likeness (QED) is 0.579. The molecular formula is C10H13NO3. The summed E-state index contributed by atoms with van der Waals surface area (Å²) in [6.07, 6.45) is -1.08. The lowest BCUT2D eigenvalue weighted by molar-refractivity contribution is -0.440. The van der Waals surface area contributed by atoms with Crippen molar-refractivity contribution in [3.8, 4) is 0 Å². The smallest absolute Gasteiger partial charge is 0.145 e. The van der Waals surface area contributed by atoms with Crippen molar-refractivity contribution in [2.24, 2.45) is 0 Å². The number of quaternary nitrogens is 1. The van der Waals surface area contributed by atoms with Gasteiger partial charge in [0.05, 0.1) is 5.97 Å². The second kappa shape index (κ2) is 4.74. The van der Waals surface area contributed by atoms with Crippen molar-refractivity contribution in [3.05, 3.63) is 35.9 Å². The first-order chi connectivity index (χ1) is 6.61. The van der Waals surface area contributed by atoms with Crippen LogP contribution in [-0.4, -0.2) is 23.2 Å². The SMILES string of the molecule is [NH3+][C@@H](Cc1ccccc1)[C@@H](O)C(=O)[O-]. The number of aliphatic carboxylic acids is 1. The first kappa shape index (κ1) is 10.7. The molecular weight excluding hydrogens is 182 g/mol. The first-order valence-electron chi connectivity index (χ1n) is 4.37. The Balaban J connectivity index is 2.57. The normalized spacial score (nSPS) is 14.7. The predicted molar refractivity (Wildman–Crippen MR) is 47.8 cm³/mol. The highest BCUT2D eigenvalue weighted by Crippen LogP contribution is 2.02. The monoisotopic (exact) mass is 195 g/mol. The molecule has 0 saturated heterocycles. The minimum atomic E-state index is -1.50. The van der Waals surface area contributed by atoms with E-state index < -0.39 is 18.1 Å². The number of carbonyl (C=O) groups excluding carboxylic acids is 1. The fraction of sp³-hybridized carbons (Fsp3) is 0.300. The number of aliphatic hydroxyl groups is 1. The third-order valence-electron chi connectivity index (χ3n) is 2.03. The Kier molecular flexibility index (Phi) is 3.62. The van der Waals surface area contributed by atoms with Gasteiger partial charge in [-0.3, -0.25) is 0 Å². The molecule has 0 radical (unpaired) electrons. The van der Waals surface area contributed by atoms with Crippen molar-refractivity contribution >= 4 is 5.97 Å². The second-order valence-electron chi connectivity index (χ2n) is 3.21. The van der Waals surface area contributed by atoms with Gasteiger partial charge in [0.2, 0.25) is 0 Å². The molecule has 1 aromatic carbocycles. The lowest BCUT2D eigenvalue weighted by Gasteiger charge is -2.16. The maximum atomic E-state index is 10.3. The van der Waals surface area contributed by atoms with Gasteiger partial charge in [0, 0.05) is 6.42 Å². The maximum absolute atomic E-state index is 10.3. The number of hydrogen-bond donors (Lipinski definition) is 2. The molecule has 4 N–H and O–H groups in total. The standard InChI is InChI=1S/C10H13NO3/c11-8(9(12)10(13)14)6-7-4-2-1-3-5-7/h1-5,8-9,12H,6,11H2,(H,13,14)/t8-,9+/m0/s1. The molecule has 0 bridgehead atoms. The van der Waals surface area contributed by atoms with E-state index in [0.29, 0.717) is 6.42 Å². The van der Waals surface area contributed by atoms with Crippen molar-refractivity contribution in [3.63, 3.8) is 0 Å². The number of benzene rings is 1. The van der Waals surface area contributed by atoms with E-state index in [9.17, 15) is 9.90 Å². The third kappa shape index (κ3) is 2.83. The molecule has 76 valence electrons. The number of rotatable bonds is 4. The second-order valence-corrected chi connectivity index (χ2v) is 3.21. The van der Waals surface area contributed by atoms with Gasteiger partial charge in [0.25, 0.3) is 0 Å². The zero-order valence-corrected chi connectivity index (χ0v) is 7.72. The van der Waals surface area contributed by atoms with E-state index in [1.54, 1.807) is 0 Å². The molecule has 1 rings (SSSR count). The maximum Gasteiger partial charge on any atom is 0.145 e. The first-order valence-corrected chi connectivity index (χ1v) is 4.37. The van der Waals surface area contributed by atoms with E-state index in [-0.39, 0.29) is 0 Å². The molecule has 0 fully saturated rings. The molecule has 0 aliphatic carbocycles. The van der Waals surface area contributed by atoms with E-state index in [1.807, 2.05) is 30.3 Å². The Hall–Kier alpha value is -1.39. The molecule has 4 heteroatoms. The summed E-state index contributed by atoms with van der Waals surface area (Å²) in [6.45, 7) is 0. The fourth-order valence-electron chi connectivity index (χ4n) is 1.22. The molecule has 0 spiro atoms. The van der Waals surface area contributed by atoms with Crippen LogP contribution in [0.15, 0.2) is 30.3 Å². The molecule has 14 heavy (non-hydrogen) atoms. The van der Waals surface area contributed by atoms with E-state index in [4.69, 9.17) is 5.11 Å². The Morgan fingerprint density at radius 2 is 2.00 bits per heavy atom. The summed E-state index contributed by atoms with van der Waals surface area (Å²) in [5, 5.41) is 19.5. The molecule has 0 unspecified atom stereocenters. The molecule has 4 nitrogen and oxygen atoms in total. The van der Waals surface area contributed by atoms with E-state index in [2.05, 4.69) is 5.73 Å². The fourth-order valence-corrected chi connectivity index (χ4v) is 1.22. The Labute approximate surface area is 82.0 Å². The summed E-state index contributed by atoms with van der Waals surface area (Å²) < 4.78 is 0. The zero-order chi connectivity index (χ0) is 10.6. The molecule has 0 aliphatic heterocycles. The van der Waals surface area contributed by atoms with Crippen LogP contribution in [0, 0.1) is 0 Å². The van der Waals surface area contributed by atoms with Crippen molar-refractivity contribution in [2.45, 2.75) is 18.6 Å². The van der Waals surface area contributed by atoms with Crippen LogP contribution in [0.25, 0.3) is 0 Å². The van der Waals surface area contributed by atoms with Gasteiger partial charge in [-0.2, -0.15) is 0 Å². The molecule has 2 atom stereocenters. The summed E-state index contributed by atoms with van der Waals surface area (Å²) in [5.74, 6) is -1.47. The van der Waals surface area contributed by atoms with Gasteiger partial charge in [0.15, 0.2) is 0 Å². The van der Waals surface area contributed by atoms with Crippen LogP contribution >= 0.6 is 0 Å². The predicted octanol–water partition coefficient (Wildman–Crippen LogP) is -2.05. The van der Waals surface area contributed by atoms with Crippen LogP contribution in [0.4, 0.5) is 0 Å². The van der Waals surface area contributed by atoms with E-state index >= 15 is 0 Å². The highest BCUT2D eigenvalue weighted by Gasteiger charge is 2.19. The molecule has 1 aromatic rings. The average Bonchev–Trinajstić information content (AvgIpc) is 2.18. The van der Waals surface area contributed by atoms with Crippen LogP contribution in [0.3, 0.4) is 0 Å². The van der Waals surface area contributed by atoms with Crippen molar-refractivity contribution in [1.29, 1.82) is 0 Å². The van der Waals surface area contributed by atoms with Gasteiger partial charge in [-0.05, 0) is 5.56 Å². The van der Waals surface area contributed by atoms with Crippen LogP contribution in [0.1, 0.15) is 5.56 Å². The number of hydrogen-bond acceptors (Lipinski definition) is 3. The molecule has 0 aliphatic rings. The Morgan fingerprint density at radius 1 is 1.43 bits per heavy atom. The van der Waals surface area contributed by atoms with Gasteiger partial charge in [0.1, 0.15) is 12.1 Å². The zero-order valence-electron chi connectivity index (χ0n) is 7.72. The molecule has 0 saturated carbocycles. The summed E-state index contributed by atoms with van der Waals surface area (Å²) in [4.78, 5) is 10.3. The van der Waals surface area contributed by atoms with E-state index in [0.717, 1.165) is 5.56 Å². The van der Waals surface area contributed by atoms with Crippen LogP contribution in [-0.2, 0) is 11.2 Å². The van der Waals surface area contributed by atoms with E-state index in [1.165, 1.54) is 0 Å². The van der Waals surface area contributed by atoms with Gasteiger partial charge >= 0.3 is 0 Å². The van der Waals surface area contributed by atoms with Crippen molar-refractivity contribution in [2.75, 3.05) is 0 Å². The largest absolute Gasteiger partial charge is 0.547 e. The number of carbonyl (C=O) groups is 1. The Morgan fingerprint density at radius 3 is 2.50 bits per heavy atom. The summed E-state index contributed by atoms with van der Waals surface area (Å²) in [7, 11) is 0. The lowest BCUT2D eigenvalue weighted by Crippen LogP contribution is -2.70.